The van der Waals surface area contributed by atoms with E-state index in [-0.39, 0.29) is 24.8 Å². The van der Waals surface area contributed by atoms with Crippen molar-refractivity contribution in [3.05, 3.63) is 17.3 Å². The maximum Gasteiger partial charge on any atom is 0.126 e. The molecule has 0 saturated heterocycles. The predicted molar refractivity (Wildman–Crippen MR) is 57.0 cm³/mol. The normalized spacial score (nSPS) is 8.17. The van der Waals surface area contributed by atoms with E-state index >= 15 is 0 Å². The summed E-state index contributed by atoms with van der Waals surface area (Å²) in [6.07, 6.45) is 0. The zero-order chi connectivity index (χ0) is 7.72. The van der Waals surface area contributed by atoms with Gasteiger partial charge in [-0.2, -0.15) is 0 Å². The molecule has 0 unspecified atom stereocenters. The zero-order valence-corrected chi connectivity index (χ0v) is 8.63. The fourth-order valence-electron chi connectivity index (χ4n) is 0.745. The number of halogens is 2. The maximum atomic E-state index is 5.57. The Morgan fingerprint density at radius 1 is 1.17 bits per heavy atom. The number of hydrogen-bond donors (Lipinski definition) is 2. The number of pyridine rings is 1. The average molecular weight is 210 g/mol. The molecule has 0 fully saturated rings. The van der Waals surface area contributed by atoms with Crippen LogP contribution in [0.15, 0.2) is 6.07 Å². The number of rotatable bonds is 0. The predicted octanol–water partition coefficient (Wildman–Crippen LogP) is 1.71. The van der Waals surface area contributed by atoms with E-state index in [2.05, 4.69) is 4.98 Å². The largest absolute Gasteiger partial charge is 0.397 e. The SMILES string of the molecule is Cc1cc(N)c(C)nc1N.Cl.Cl. The lowest BCUT2D eigenvalue weighted by molar-refractivity contribution is 1.19. The summed E-state index contributed by atoms with van der Waals surface area (Å²) in [5.74, 6) is 0.562. The van der Waals surface area contributed by atoms with Gasteiger partial charge in [0, 0.05) is 0 Å². The molecule has 4 N–H and O–H groups in total. The molecule has 0 aliphatic carbocycles. The van der Waals surface area contributed by atoms with Gasteiger partial charge in [-0.1, -0.05) is 0 Å². The third-order valence-corrected chi connectivity index (χ3v) is 1.48. The van der Waals surface area contributed by atoms with Crippen LogP contribution in [0.3, 0.4) is 0 Å². The van der Waals surface area contributed by atoms with Crippen molar-refractivity contribution in [3.63, 3.8) is 0 Å². The van der Waals surface area contributed by atoms with Crippen molar-refractivity contribution < 1.29 is 0 Å². The van der Waals surface area contributed by atoms with Crippen LogP contribution in [0.2, 0.25) is 0 Å². The smallest absolute Gasteiger partial charge is 0.126 e. The molecule has 0 aliphatic heterocycles. The van der Waals surface area contributed by atoms with Gasteiger partial charge in [0.2, 0.25) is 0 Å². The van der Waals surface area contributed by atoms with E-state index in [9.17, 15) is 0 Å². The molecule has 3 nitrogen and oxygen atoms in total. The van der Waals surface area contributed by atoms with Gasteiger partial charge in [-0.3, -0.25) is 0 Å². The highest BCUT2D eigenvalue weighted by Gasteiger charge is 1.98. The topological polar surface area (TPSA) is 64.9 Å². The molecule has 70 valence electrons. The lowest BCUT2D eigenvalue weighted by atomic mass is 10.2. The van der Waals surface area contributed by atoms with Gasteiger partial charge >= 0.3 is 0 Å². The van der Waals surface area contributed by atoms with E-state index < -0.39 is 0 Å². The Labute approximate surface area is 84.4 Å². The second-order valence-corrected chi connectivity index (χ2v) is 2.37. The number of aromatic nitrogens is 1. The van der Waals surface area contributed by atoms with Gasteiger partial charge in [0.25, 0.3) is 0 Å². The van der Waals surface area contributed by atoms with Crippen LogP contribution < -0.4 is 11.5 Å². The van der Waals surface area contributed by atoms with Crippen LogP contribution in [-0.2, 0) is 0 Å². The second-order valence-electron chi connectivity index (χ2n) is 2.37. The van der Waals surface area contributed by atoms with Crippen LogP contribution in [-0.4, -0.2) is 4.98 Å². The number of anilines is 2. The molecule has 12 heavy (non-hydrogen) atoms. The van der Waals surface area contributed by atoms with Crippen LogP contribution in [0.4, 0.5) is 11.5 Å². The van der Waals surface area contributed by atoms with Gasteiger partial charge in [0.05, 0.1) is 11.4 Å². The Morgan fingerprint density at radius 3 is 2.08 bits per heavy atom. The first-order valence-electron chi connectivity index (χ1n) is 3.10. The molecule has 1 heterocycles. The van der Waals surface area contributed by atoms with Crippen molar-refractivity contribution in [1.29, 1.82) is 0 Å². The van der Waals surface area contributed by atoms with Crippen molar-refractivity contribution in [1.82, 2.24) is 4.98 Å². The number of nitrogen functional groups attached to an aromatic ring is 2. The van der Waals surface area contributed by atoms with Crippen LogP contribution >= 0.6 is 24.8 Å². The Morgan fingerprint density at radius 2 is 1.67 bits per heavy atom. The van der Waals surface area contributed by atoms with Gasteiger partial charge in [-0.25, -0.2) is 4.98 Å². The first-order chi connectivity index (χ1) is 4.61. The molecule has 0 aliphatic rings. The highest BCUT2D eigenvalue weighted by Crippen LogP contribution is 2.14. The van der Waals surface area contributed by atoms with Crippen molar-refractivity contribution in [2.75, 3.05) is 11.5 Å². The van der Waals surface area contributed by atoms with Gasteiger partial charge < -0.3 is 11.5 Å². The Kier molecular flexibility index (Phi) is 5.86. The molecule has 0 saturated carbocycles. The molecule has 0 amide bonds. The summed E-state index contributed by atoms with van der Waals surface area (Å²) in [7, 11) is 0. The van der Waals surface area contributed by atoms with Crippen LogP contribution in [0, 0.1) is 13.8 Å². The lowest BCUT2D eigenvalue weighted by Gasteiger charge is -2.02. The molecular formula is C7H13Cl2N3. The lowest BCUT2D eigenvalue weighted by Crippen LogP contribution is -1.99. The molecule has 0 spiro atoms. The first-order valence-corrected chi connectivity index (χ1v) is 3.10. The van der Waals surface area contributed by atoms with Gasteiger partial charge in [0.1, 0.15) is 5.82 Å². The molecule has 1 aromatic rings. The molecule has 1 aromatic heterocycles. The molecule has 0 atom stereocenters. The van der Waals surface area contributed by atoms with Gasteiger partial charge in [0.15, 0.2) is 0 Å². The van der Waals surface area contributed by atoms with Crippen molar-refractivity contribution in [2.24, 2.45) is 0 Å². The summed E-state index contributed by atoms with van der Waals surface area (Å²) in [5, 5.41) is 0. The minimum Gasteiger partial charge on any atom is -0.397 e. The summed E-state index contributed by atoms with van der Waals surface area (Å²) in [4.78, 5) is 4.03. The van der Waals surface area contributed by atoms with Crippen LogP contribution in [0.25, 0.3) is 0 Å². The third kappa shape index (κ3) is 2.75. The highest BCUT2D eigenvalue weighted by atomic mass is 35.5. The van der Waals surface area contributed by atoms with E-state index in [4.69, 9.17) is 11.5 Å². The Balaban J connectivity index is 0. The summed E-state index contributed by atoms with van der Waals surface area (Å²) in [6.45, 7) is 3.73. The van der Waals surface area contributed by atoms with Gasteiger partial charge in [-0.15, -0.1) is 24.8 Å². The van der Waals surface area contributed by atoms with Crippen LogP contribution in [0.1, 0.15) is 11.3 Å². The van der Waals surface area contributed by atoms with Gasteiger partial charge in [-0.05, 0) is 25.5 Å². The first kappa shape index (κ1) is 13.9. The van der Waals surface area contributed by atoms with Crippen molar-refractivity contribution in [2.45, 2.75) is 13.8 Å². The van der Waals surface area contributed by atoms with Crippen molar-refractivity contribution in [3.8, 4) is 0 Å². The maximum absolute atomic E-state index is 5.57. The molecule has 0 aromatic carbocycles. The minimum atomic E-state index is 0. The van der Waals surface area contributed by atoms with E-state index in [0.29, 0.717) is 11.5 Å². The summed E-state index contributed by atoms with van der Waals surface area (Å²) >= 11 is 0. The Hall–Kier alpha value is -0.670. The number of nitrogens with two attached hydrogens (primary N) is 2. The van der Waals surface area contributed by atoms with Crippen molar-refractivity contribution >= 4 is 36.3 Å². The van der Waals surface area contributed by atoms with Crippen LogP contribution in [0.5, 0.6) is 0 Å². The Bertz CT molecular complexity index is 213. The van der Waals surface area contributed by atoms with E-state index in [1.54, 1.807) is 0 Å². The highest BCUT2D eigenvalue weighted by molar-refractivity contribution is 5.85. The number of aryl methyl sites for hydroxylation is 2. The van der Waals surface area contributed by atoms with E-state index in [1.807, 2.05) is 19.9 Å². The molecule has 1 rings (SSSR count). The molecule has 5 heteroatoms. The molecule has 0 radical (unpaired) electrons. The summed E-state index contributed by atoms with van der Waals surface area (Å²) in [6, 6.07) is 1.83. The zero-order valence-electron chi connectivity index (χ0n) is 7.00. The number of nitrogens with zero attached hydrogens (tertiary/aromatic N) is 1. The monoisotopic (exact) mass is 209 g/mol. The summed E-state index contributed by atoms with van der Waals surface area (Å²) in [5.41, 5.74) is 13.5. The molecular weight excluding hydrogens is 197 g/mol. The third-order valence-electron chi connectivity index (χ3n) is 1.48. The standard InChI is InChI=1S/C7H11N3.2ClH/c1-4-3-6(8)5(2)10-7(4)9;;/h3H,8H2,1-2H3,(H2,9,10);2*1H. The van der Waals surface area contributed by atoms with E-state index in [1.165, 1.54) is 0 Å². The summed E-state index contributed by atoms with van der Waals surface area (Å²) < 4.78 is 0. The fraction of sp³-hybridized carbons (Fsp3) is 0.286. The number of hydrogen-bond acceptors (Lipinski definition) is 3. The average Bonchev–Trinajstić information content (AvgIpc) is 1.84. The molecule has 0 bridgehead atoms. The second kappa shape index (κ2) is 5.06. The fourth-order valence-corrected chi connectivity index (χ4v) is 0.745. The van der Waals surface area contributed by atoms with E-state index in [0.717, 1.165) is 11.3 Å². The quantitative estimate of drug-likeness (QED) is 0.684. The minimum absolute atomic E-state index is 0.